The van der Waals surface area contributed by atoms with Crippen molar-refractivity contribution in [1.29, 1.82) is 0 Å². The average Bonchev–Trinajstić information content (AvgIpc) is 3.30. The minimum atomic E-state index is -0.106. The monoisotopic (exact) mass is 350 g/mol. The Balaban J connectivity index is 1.42. The van der Waals surface area contributed by atoms with E-state index < -0.39 is 0 Å². The van der Waals surface area contributed by atoms with Crippen molar-refractivity contribution >= 4 is 16.8 Å². The normalized spacial score (nSPS) is 17.1. The first-order valence-corrected chi connectivity index (χ1v) is 9.04. The molecule has 3 aromatic rings. The van der Waals surface area contributed by atoms with Crippen LogP contribution in [0.25, 0.3) is 10.9 Å². The van der Waals surface area contributed by atoms with Crippen molar-refractivity contribution in [2.75, 3.05) is 13.1 Å². The van der Waals surface area contributed by atoms with Gasteiger partial charge in [-0.3, -0.25) is 9.59 Å². The standard InChI is InChI=1S/C21H22N2O3/c1-14-4-5-15-12-16(21(25)22-18(15)11-14)6-7-20(24)23-9-8-17(13-23)19-3-2-10-26-19/h2-5,10-12,17H,6-9,13H2,1H3,(H,22,25). The molecule has 1 unspecified atom stereocenters. The van der Waals surface area contributed by atoms with Gasteiger partial charge < -0.3 is 14.3 Å². The number of aromatic nitrogens is 1. The molecule has 134 valence electrons. The molecule has 1 saturated heterocycles. The number of hydrogen-bond donors (Lipinski definition) is 1. The van der Waals surface area contributed by atoms with Crippen molar-refractivity contribution in [2.45, 2.75) is 32.1 Å². The third-order valence-corrected chi connectivity index (χ3v) is 5.17. The molecule has 1 atom stereocenters. The van der Waals surface area contributed by atoms with Crippen LogP contribution in [0.3, 0.4) is 0 Å². The highest BCUT2D eigenvalue weighted by Gasteiger charge is 2.28. The van der Waals surface area contributed by atoms with E-state index in [1.165, 1.54) is 0 Å². The summed E-state index contributed by atoms with van der Waals surface area (Å²) in [4.78, 5) is 29.6. The Morgan fingerprint density at radius 1 is 1.31 bits per heavy atom. The number of nitrogens with zero attached hydrogens (tertiary/aromatic N) is 1. The zero-order valence-corrected chi connectivity index (χ0v) is 14.8. The van der Waals surface area contributed by atoms with Crippen molar-refractivity contribution in [2.24, 2.45) is 0 Å². The van der Waals surface area contributed by atoms with Crippen LogP contribution in [0.2, 0.25) is 0 Å². The number of pyridine rings is 1. The molecule has 1 fully saturated rings. The van der Waals surface area contributed by atoms with E-state index >= 15 is 0 Å². The Bertz CT molecular complexity index is 988. The predicted octanol–water partition coefficient (Wildman–Crippen LogP) is 3.38. The summed E-state index contributed by atoms with van der Waals surface area (Å²) >= 11 is 0. The van der Waals surface area contributed by atoms with Crippen LogP contribution in [-0.2, 0) is 11.2 Å². The van der Waals surface area contributed by atoms with Gasteiger partial charge in [0.15, 0.2) is 0 Å². The van der Waals surface area contributed by atoms with Crippen molar-refractivity contribution in [1.82, 2.24) is 9.88 Å². The second-order valence-electron chi connectivity index (χ2n) is 7.06. The number of nitrogens with one attached hydrogen (secondary N) is 1. The number of furan rings is 1. The number of hydrogen-bond acceptors (Lipinski definition) is 3. The van der Waals surface area contributed by atoms with E-state index in [4.69, 9.17) is 4.42 Å². The van der Waals surface area contributed by atoms with Gasteiger partial charge in [0, 0.05) is 36.5 Å². The number of carbonyl (C=O) groups excluding carboxylic acids is 1. The molecule has 5 nitrogen and oxygen atoms in total. The molecule has 26 heavy (non-hydrogen) atoms. The lowest BCUT2D eigenvalue weighted by Gasteiger charge is -2.16. The summed E-state index contributed by atoms with van der Waals surface area (Å²) < 4.78 is 5.46. The molecule has 5 heteroatoms. The molecule has 1 aromatic carbocycles. The first-order chi connectivity index (χ1) is 12.6. The largest absolute Gasteiger partial charge is 0.469 e. The van der Waals surface area contributed by atoms with Gasteiger partial charge in [-0.1, -0.05) is 12.1 Å². The van der Waals surface area contributed by atoms with Crippen LogP contribution in [0.1, 0.15) is 35.6 Å². The van der Waals surface area contributed by atoms with E-state index in [2.05, 4.69) is 4.98 Å². The Labute approximate surface area is 151 Å². The zero-order valence-electron chi connectivity index (χ0n) is 14.8. The highest BCUT2D eigenvalue weighted by molar-refractivity contribution is 5.80. The van der Waals surface area contributed by atoms with Gasteiger partial charge in [0.05, 0.1) is 6.26 Å². The topological polar surface area (TPSA) is 66.3 Å². The second-order valence-corrected chi connectivity index (χ2v) is 7.06. The van der Waals surface area contributed by atoms with E-state index in [-0.39, 0.29) is 17.4 Å². The summed E-state index contributed by atoms with van der Waals surface area (Å²) in [6.45, 7) is 3.44. The fraction of sp³-hybridized carbons (Fsp3) is 0.333. The quantitative estimate of drug-likeness (QED) is 0.784. The summed E-state index contributed by atoms with van der Waals surface area (Å²) in [6.07, 6.45) is 3.41. The number of aromatic amines is 1. The second kappa shape index (κ2) is 6.83. The SMILES string of the molecule is Cc1ccc2cc(CCC(=O)N3CCC(c4ccco4)C3)c(=O)[nH]c2c1. The molecule has 1 amide bonds. The summed E-state index contributed by atoms with van der Waals surface area (Å²) in [5, 5.41) is 0.997. The number of benzene rings is 1. The summed E-state index contributed by atoms with van der Waals surface area (Å²) in [6, 6.07) is 11.7. The Morgan fingerprint density at radius 2 is 2.19 bits per heavy atom. The lowest BCUT2D eigenvalue weighted by atomic mass is 10.1. The minimum absolute atomic E-state index is 0.0995. The van der Waals surface area contributed by atoms with E-state index in [1.807, 2.05) is 48.2 Å². The van der Waals surface area contributed by atoms with Crippen molar-refractivity contribution in [3.63, 3.8) is 0 Å². The third kappa shape index (κ3) is 3.29. The summed E-state index contributed by atoms with van der Waals surface area (Å²) in [5.74, 6) is 1.32. The van der Waals surface area contributed by atoms with Crippen LogP contribution in [0, 0.1) is 6.92 Å². The van der Waals surface area contributed by atoms with Gasteiger partial charge in [-0.25, -0.2) is 0 Å². The first-order valence-electron chi connectivity index (χ1n) is 9.04. The Morgan fingerprint density at radius 3 is 3.00 bits per heavy atom. The van der Waals surface area contributed by atoms with Crippen molar-refractivity contribution in [3.8, 4) is 0 Å². The van der Waals surface area contributed by atoms with Gasteiger partial charge in [0.1, 0.15) is 5.76 Å². The maximum Gasteiger partial charge on any atom is 0.251 e. The summed E-state index contributed by atoms with van der Waals surface area (Å²) in [5.41, 5.74) is 2.50. The maximum absolute atomic E-state index is 12.5. The van der Waals surface area contributed by atoms with Gasteiger partial charge in [0.25, 0.3) is 5.56 Å². The number of carbonyl (C=O) groups is 1. The van der Waals surface area contributed by atoms with Gasteiger partial charge in [-0.05, 0) is 55.0 Å². The number of fused-ring (bicyclic) bond motifs is 1. The Hall–Kier alpha value is -2.82. The van der Waals surface area contributed by atoms with Crippen LogP contribution < -0.4 is 5.56 Å². The van der Waals surface area contributed by atoms with Crippen LogP contribution in [0.4, 0.5) is 0 Å². The molecule has 0 aliphatic carbocycles. The third-order valence-electron chi connectivity index (χ3n) is 5.17. The van der Waals surface area contributed by atoms with Crippen LogP contribution in [-0.4, -0.2) is 28.9 Å². The van der Waals surface area contributed by atoms with Gasteiger partial charge in [-0.15, -0.1) is 0 Å². The number of rotatable bonds is 4. The molecule has 2 aromatic heterocycles. The van der Waals surface area contributed by atoms with E-state index in [0.717, 1.165) is 35.2 Å². The van der Waals surface area contributed by atoms with E-state index in [9.17, 15) is 9.59 Å². The smallest absolute Gasteiger partial charge is 0.251 e. The molecule has 1 N–H and O–H groups in total. The molecule has 0 spiro atoms. The molecule has 0 saturated carbocycles. The molecule has 3 heterocycles. The summed E-state index contributed by atoms with van der Waals surface area (Å²) in [7, 11) is 0. The first kappa shape index (κ1) is 16.6. The molecule has 0 radical (unpaired) electrons. The maximum atomic E-state index is 12.5. The number of likely N-dealkylation sites (tertiary alicyclic amines) is 1. The lowest BCUT2D eigenvalue weighted by Crippen LogP contribution is -2.29. The highest BCUT2D eigenvalue weighted by Crippen LogP contribution is 2.27. The molecule has 0 bridgehead atoms. The molecule has 1 aliphatic rings. The number of aryl methyl sites for hydroxylation is 2. The minimum Gasteiger partial charge on any atom is -0.469 e. The average molecular weight is 350 g/mol. The van der Waals surface area contributed by atoms with Gasteiger partial charge in [-0.2, -0.15) is 0 Å². The predicted molar refractivity (Wildman–Crippen MR) is 100 cm³/mol. The van der Waals surface area contributed by atoms with E-state index in [1.54, 1.807) is 6.26 Å². The van der Waals surface area contributed by atoms with Gasteiger partial charge in [0.2, 0.25) is 5.91 Å². The highest BCUT2D eigenvalue weighted by atomic mass is 16.3. The van der Waals surface area contributed by atoms with Crippen molar-refractivity contribution in [3.05, 3.63) is 69.9 Å². The molecular formula is C21H22N2O3. The van der Waals surface area contributed by atoms with E-state index in [0.29, 0.717) is 24.9 Å². The van der Waals surface area contributed by atoms with Crippen LogP contribution in [0.5, 0.6) is 0 Å². The molecular weight excluding hydrogens is 328 g/mol. The Kier molecular flexibility index (Phi) is 4.37. The molecule has 1 aliphatic heterocycles. The number of amides is 1. The zero-order chi connectivity index (χ0) is 18.1. The lowest BCUT2D eigenvalue weighted by molar-refractivity contribution is -0.130. The fourth-order valence-electron chi connectivity index (χ4n) is 3.69. The number of H-pyrrole nitrogens is 1. The fourth-order valence-corrected chi connectivity index (χ4v) is 3.69. The van der Waals surface area contributed by atoms with Crippen molar-refractivity contribution < 1.29 is 9.21 Å². The molecule has 4 rings (SSSR count). The van der Waals surface area contributed by atoms with Crippen LogP contribution in [0.15, 0.2) is 51.9 Å². The van der Waals surface area contributed by atoms with Crippen LogP contribution >= 0.6 is 0 Å². The van der Waals surface area contributed by atoms with Gasteiger partial charge >= 0.3 is 0 Å².